The molecule has 6 nitrogen and oxygen atoms in total. The lowest BCUT2D eigenvalue weighted by Crippen LogP contribution is -2.32. The van der Waals surface area contributed by atoms with E-state index in [-0.39, 0.29) is 39.9 Å². The van der Waals surface area contributed by atoms with Gasteiger partial charge in [0.1, 0.15) is 23.0 Å². The van der Waals surface area contributed by atoms with E-state index in [4.69, 9.17) is 9.47 Å². The normalized spacial score (nSPS) is 15.0. The molecule has 142 valence electrons. The predicted molar refractivity (Wildman–Crippen MR) is 103 cm³/mol. The maximum absolute atomic E-state index is 13.0. The Morgan fingerprint density at radius 3 is 2.14 bits per heavy atom. The zero-order chi connectivity index (χ0) is 20.3. The summed E-state index contributed by atoms with van der Waals surface area (Å²) in [6.07, 6.45) is 1.15. The largest absolute Gasteiger partial charge is 0.508 e. The van der Waals surface area contributed by atoms with Crippen molar-refractivity contribution in [1.29, 1.82) is 0 Å². The van der Waals surface area contributed by atoms with E-state index in [1.54, 1.807) is 30.3 Å². The van der Waals surface area contributed by atoms with E-state index in [1.165, 1.54) is 24.3 Å². The van der Waals surface area contributed by atoms with E-state index in [2.05, 4.69) is 6.58 Å². The van der Waals surface area contributed by atoms with Crippen LogP contribution in [0.4, 0.5) is 0 Å². The fourth-order valence-corrected chi connectivity index (χ4v) is 4.06. The number of ether oxygens (including phenoxy) is 2. The average molecular weight is 386 g/mol. The molecule has 0 unspecified atom stereocenters. The molecule has 3 aromatic carbocycles. The molecule has 1 spiro atoms. The number of hydrogen-bond acceptors (Lipinski definition) is 6. The van der Waals surface area contributed by atoms with Crippen molar-refractivity contribution in [3.63, 3.8) is 0 Å². The van der Waals surface area contributed by atoms with Crippen molar-refractivity contribution >= 4 is 11.8 Å². The molecule has 0 amide bonds. The topological polar surface area (TPSA) is 93.1 Å². The number of esters is 1. The van der Waals surface area contributed by atoms with E-state index in [1.807, 2.05) is 0 Å². The van der Waals surface area contributed by atoms with E-state index >= 15 is 0 Å². The summed E-state index contributed by atoms with van der Waals surface area (Å²) in [6, 6.07) is 13.9. The highest BCUT2D eigenvalue weighted by molar-refractivity contribution is 6.13. The Labute approximate surface area is 165 Å². The Bertz CT molecular complexity index is 1190. The number of ketones is 1. The molecule has 2 aliphatic rings. The minimum atomic E-state index is -1.38. The Kier molecular flexibility index (Phi) is 3.36. The number of rotatable bonds is 2. The zero-order valence-electron chi connectivity index (χ0n) is 15.0. The van der Waals surface area contributed by atoms with Gasteiger partial charge in [-0.3, -0.25) is 4.79 Å². The van der Waals surface area contributed by atoms with Gasteiger partial charge in [-0.15, -0.1) is 0 Å². The van der Waals surface area contributed by atoms with Crippen LogP contribution >= 0.6 is 0 Å². The molecule has 3 aromatic rings. The highest BCUT2D eigenvalue weighted by Crippen LogP contribution is 2.57. The second kappa shape index (κ2) is 5.72. The molecule has 0 saturated carbocycles. The highest BCUT2D eigenvalue weighted by atomic mass is 16.6. The number of phenolic OH excluding ortho intramolecular Hbond substituents is 2. The molecule has 5 rings (SSSR count). The molecule has 0 aliphatic carbocycles. The Balaban J connectivity index is 1.90. The Morgan fingerprint density at radius 1 is 0.931 bits per heavy atom. The first-order valence-corrected chi connectivity index (χ1v) is 8.84. The maximum atomic E-state index is 13.0. The summed E-state index contributed by atoms with van der Waals surface area (Å²) in [5, 5.41) is 19.9. The Morgan fingerprint density at radius 2 is 1.55 bits per heavy atom. The lowest BCUT2D eigenvalue weighted by atomic mass is 9.77. The van der Waals surface area contributed by atoms with Gasteiger partial charge in [0.15, 0.2) is 11.4 Å². The quantitative estimate of drug-likeness (QED) is 0.392. The maximum Gasteiger partial charge on any atom is 0.340 e. The van der Waals surface area contributed by atoms with Gasteiger partial charge in [-0.2, -0.15) is 0 Å². The van der Waals surface area contributed by atoms with Crippen molar-refractivity contribution in [2.24, 2.45) is 0 Å². The number of aromatic hydroxyl groups is 2. The van der Waals surface area contributed by atoms with E-state index in [9.17, 15) is 19.8 Å². The Hall–Kier alpha value is -4.06. The molecule has 0 aromatic heterocycles. The van der Waals surface area contributed by atoms with Gasteiger partial charge in [0.2, 0.25) is 0 Å². The molecule has 6 heteroatoms. The monoisotopic (exact) mass is 386 g/mol. The number of carbonyl (C=O) groups is 2. The van der Waals surface area contributed by atoms with Crippen molar-refractivity contribution in [2.75, 3.05) is 0 Å². The summed E-state index contributed by atoms with van der Waals surface area (Å²) in [7, 11) is 0. The van der Waals surface area contributed by atoms with E-state index < -0.39 is 11.6 Å². The van der Waals surface area contributed by atoms with Crippen molar-refractivity contribution in [3.8, 4) is 23.0 Å². The van der Waals surface area contributed by atoms with E-state index in [0.717, 1.165) is 6.08 Å². The molecule has 0 radical (unpaired) electrons. The molecular weight excluding hydrogens is 372 g/mol. The van der Waals surface area contributed by atoms with Gasteiger partial charge in [0.25, 0.3) is 0 Å². The molecule has 29 heavy (non-hydrogen) atoms. The average Bonchev–Trinajstić information content (AvgIpc) is 3.00. The van der Waals surface area contributed by atoms with Crippen LogP contribution in [-0.2, 0) is 10.3 Å². The molecule has 2 heterocycles. The van der Waals surface area contributed by atoms with Crippen LogP contribution in [0.5, 0.6) is 23.0 Å². The summed E-state index contributed by atoms with van der Waals surface area (Å²) >= 11 is 0. The number of allylic oxidation sites excluding steroid dienone is 1. The summed E-state index contributed by atoms with van der Waals surface area (Å²) in [5.74, 6) is -0.524. The smallest absolute Gasteiger partial charge is 0.340 e. The van der Waals surface area contributed by atoms with Crippen LogP contribution in [-0.4, -0.2) is 22.0 Å². The highest BCUT2D eigenvalue weighted by Gasteiger charge is 2.54. The van der Waals surface area contributed by atoms with Crippen LogP contribution in [0, 0.1) is 0 Å². The predicted octanol–water partition coefficient (Wildman–Crippen LogP) is 4.03. The molecule has 2 N–H and O–H groups in total. The fraction of sp³-hybridized carbons (Fsp3) is 0.0435. The number of hydrogen-bond donors (Lipinski definition) is 2. The lowest BCUT2D eigenvalue weighted by Gasteiger charge is -2.36. The van der Waals surface area contributed by atoms with Crippen molar-refractivity contribution in [2.45, 2.75) is 5.60 Å². The minimum Gasteiger partial charge on any atom is -0.508 e. The van der Waals surface area contributed by atoms with Gasteiger partial charge in [0.05, 0.1) is 5.56 Å². The first kappa shape index (κ1) is 17.1. The molecule has 0 atom stereocenters. The molecule has 0 saturated heterocycles. The SMILES string of the molecule is C=CC(=O)c1cccc2c1C(=O)OC21c2ccc(O)cc2Oc2cc(O)ccc21. The van der Waals surface area contributed by atoms with E-state index in [0.29, 0.717) is 16.7 Å². The summed E-state index contributed by atoms with van der Waals surface area (Å²) < 4.78 is 11.8. The second-order valence-corrected chi connectivity index (χ2v) is 6.83. The molecule has 0 fully saturated rings. The van der Waals surface area contributed by atoms with Gasteiger partial charge in [-0.25, -0.2) is 4.79 Å². The van der Waals surface area contributed by atoms with Gasteiger partial charge >= 0.3 is 5.97 Å². The number of fused-ring (bicyclic) bond motifs is 6. The standard InChI is InChI=1S/C23H14O6/c1-2-18(26)14-4-3-5-17-21(14)22(27)29-23(17)15-8-6-12(24)10-19(15)28-20-11-13(25)7-9-16(20)23/h2-11,24-25H,1H2. The molecular formula is C23H14O6. The molecule has 0 bridgehead atoms. The third-order valence-electron chi connectivity index (χ3n) is 5.25. The first-order chi connectivity index (χ1) is 14.0. The van der Waals surface area contributed by atoms with Crippen LogP contribution in [0.3, 0.4) is 0 Å². The zero-order valence-corrected chi connectivity index (χ0v) is 15.0. The lowest BCUT2D eigenvalue weighted by molar-refractivity contribution is 0.0223. The van der Waals surface area contributed by atoms with Crippen LogP contribution in [0.2, 0.25) is 0 Å². The fourth-order valence-electron chi connectivity index (χ4n) is 4.06. The third-order valence-corrected chi connectivity index (χ3v) is 5.25. The minimum absolute atomic E-state index is 0.0253. The third kappa shape index (κ3) is 2.17. The summed E-state index contributed by atoms with van der Waals surface area (Å²) in [6.45, 7) is 3.51. The number of phenols is 2. The summed E-state index contributed by atoms with van der Waals surface area (Å²) in [4.78, 5) is 25.3. The van der Waals surface area contributed by atoms with Gasteiger partial charge < -0.3 is 19.7 Å². The van der Waals surface area contributed by atoms with Crippen molar-refractivity contribution in [1.82, 2.24) is 0 Å². The van der Waals surface area contributed by atoms with Crippen LogP contribution in [0.25, 0.3) is 0 Å². The van der Waals surface area contributed by atoms with Crippen LogP contribution < -0.4 is 4.74 Å². The van der Waals surface area contributed by atoms with Crippen LogP contribution in [0.15, 0.2) is 67.3 Å². The van der Waals surface area contributed by atoms with Gasteiger partial charge in [-0.1, -0.05) is 24.8 Å². The first-order valence-electron chi connectivity index (χ1n) is 8.84. The summed E-state index contributed by atoms with van der Waals surface area (Å²) in [5.41, 5.74) is 0.475. The number of benzene rings is 3. The van der Waals surface area contributed by atoms with Gasteiger partial charge in [-0.05, 0) is 30.3 Å². The van der Waals surface area contributed by atoms with Crippen molar-refractivity contribution < 1.29 is 29.3 Å². The van der Waals surface area contributed by atoms with Crippen molar-refractivity contribution in [3.05, 3.63) is 95.1 Å². The van der Waals surface area contributed by atoms with Gasteiger partial charge in [0, 0.05) is 34.4 Å². The second-order valence-electron chi connectivity index (χ2n) is 6.83. The van der Waals surface area contributed by atoms with Crippen LogP contribution in [0.1, 0.15) is 37.4 Å². The number of carbonyl (C=O) groups excluding carboxylic acids is 2. The molecule has 2 aliphatic heterocycles.